The number of hydrogen-bond donors (Lipinski definition) is 2. The van der Waals surface area contributed by atoms with E-state index >= 15 is 0 Å². The van der Waals surface area contributed by atoms with Crippen molar-refractivity contribution in [2.75, 3.05) is 13.2 Å². The highest BCUT2D eigenvalue weighted by molar-refractivity contribution is 5.30. The Labute approximate surface area is 91.4 Å². The lowest BCUT2D eigenvalue weighted by molar-refractivity contribution is 0.309. The number of ether oxygens (including phenoxy) is 1. The number of nitrogens with two attached hydrogens (primary N) is 2. The topological polar surface area (TPSA) is 61.3 Å². The van der Waals surface area contributed by atoms with Crippen LogP contribution in [-0.2, 0) is 0 Å². The molecule has 84 valence electrons. The van der Waals surface area contributed by atoms with E-state index in [1.54, 1.807) is 0 Å². The van der Waals surface area contributed by atoms with Gasteiger partial charge in [-0.1, -0.05) is 25.5 Å². The van der Waals surface area contributed by atoms with Crippen molar-refractivity contribution >= 4 is 0 Å². The molecular formula is C12H20N2O. The molecule has 0 aliphatic rings. The van der Waals surface area contributed by atoms with Crippen molar-refractivity contribution in [2.24, 2.45) is 11.5 Å². The largest absolute Gasteiger partial charge is 0.494 e. The van der Waals surface area contributed by atoms with Gasteiger partial charge in [-0.3, -0.25) is 0 Å². The summed E-state index contributed by atoms with van der Waals surface area (Å²) in [6.45, 7) is 3.36. The van der Waals surface area contributed by atoms with Crippen LogP contribution in [0.2, 0.25) is 0 Å². The maximum atomic E-state index is 5.84. The van der Waals surface area contributed by atoms with E-state index in [0.29, 0.717) is 6.54 Å². The maximum Gasteiger partial charge on any atom is 0.119 e. The van der Waals surface area contributed by atoms with Crippen LogP contribution in [0.4, 0.5) is 0 Å². The van der Waals surface area contributed by atoms with Crippen LogP contribution in [0.5, 0.6) is 5.75 Å². The van der Waals surface area contributed by atoms with Gasteiger partial charge >= 0.3 is 0 Å². The van der Waals surface area contributed by atoms with Crippen LogP contribution in [0.1, 0.15) is 31.4 Å². The monoisotopic (exact) mass is 208 g/mol. The molecule has 1 rings (SSSR count). The first-order valence-electron chi connectivity index (χ1n) is 5.46. The summed E-state index contributed by atoms with van der Waals surface area (Å²) < 4.78 is 5.59. The van der Waals surface area contributed by atoms with Crippen LogP contribution in [-0.4, -0.2) is 13.2 Å². The fourth-order valence-electron chi connectivity index (χ4n) is 1.31. The smallest absolute Gasteiger partial charge is 0.119 e. The molecule has 0 spiro atoms. The molecule has 1 aromatic carbocycles. The summed E-state index contributed by atoms with van der Waals surface area (Å²) in [5.41, 5.74) is 12.4. The van der Waals surface area contributed by atoms with Gasteiger partial charge in [0.2, 0.25) is 0 Å². The van der Waals surface area contributed by atoms with Gasteiger partial charge in [0.1, 0.15) is 5.75 Å². The Balaban J connectivity index is 2.57. The third kappa shape index (κ3) is 3.90. The van der Waals surface area contributed by atoms with Crippen LogP contribution in [0.15, 0.2) is 24.3 Å². The van der Waals surface area contributed by atoms with Crippen LogP contribution >= 0.6 is 0 Å². The minimum atomic E-state index is -0.0975. The Bertz CT molecular complexity index is 289. The van der Waals surface area contributed by atoms with E-state index in [4.69, 9.17) is 16.2 Å². The lowest BCUT2D eigenvalue weighted by atomic mass is 10.1. The second-order valence-electron chi connectivity index (χ2n) is 3.62. The van der Waals surface area contributed by atoms with Crippen LogP contribution in [0.25, 0.3) is 0 Å². The maximum absolute atomic E-state index is 5.84. The molecule has 0 unspecified atom stereocenters. The summed E-state index contributed by atoms with van der Waals surface area (Å²) in [6.07, 6.45) is 2.22. The Morgan fingerprint density at radius 1 is 1.40 bits per heavy atom. The molecule has 0 amide bonds. The Hall–Kier alpha value is -1.06. The minimum absolute atomic E-state index is 0.0975. The van der Waals surface area contributed by atoms with E-state index < -0.39 is 0 Å². The van der Waals surface area contributed by atoms with Gasteiger partial charge in [0.15, 0.2) is 0 Å². The first kappa shape index (κ1) is 12.0. The Morgan fingerprint density at radius 2 is 2.20 bits per heavy atom. The lowest BCUT2D eigenvalue weighted by Crippen LogP contribution is -2.20. The second kappa shape index (κ2) is 6.43. The van der Waals surface area contributed by atoms with Gasteiger partial charge in [-0.2, -0.15) is 0 Å². The van der Waals surface area contributed by atoms with E-state index in [0.717, 1.165) is 30.8 Å². The predicted molar refractivity (Wildman–Crippen MR) is 62.8 cm³/mol. The third-order valence-corrected chi connectivity index (χ3v) is 2.31. The fourth-order valence-corrected chi connectivity index (χ4v) is 1.31. The number of benzene rings is 1. The van der Waals surface area contributed by atoms with Crippen LogP contribution in [0, 0.1) is 0 Å². The van der Waals surface area contributed by atoms with Gasteiger partial charge in [0.25, 0.3) is 0 Å². The summed E-state index contributed by atoms with van der Waals surface area (Å²) in [4.78, 5) is 0. The molecule has 0 saturated carbocycles. The van der Waals surface area contributed by atoms with E-state index in [9.17, 15) is 0 Å². The molecule has 1 atom stereocenters. The molecule has 3 heteroatoms. The molecule has 0 aliphatic heterocycles. The van der Waals surface area contributed by atoms with Crippen molar-refractivity contribution in [1.82, 2.24) is 0 Å². The number of hydrogen-bond acceptors (Lipinski definition) is 3. The first-order chi connectivity index (χ1) is 7.27. The summed E-state index contributed by atoms with van der Waals surface area (Å²) in [7, 11) is 0. The first-order valence-corrected chi connectivity index (χ1v) is 5.46. The molecule has 0 aliphatic carbocycles. The minimum Gasteiger partial charge on any atom is -0.494 e. The predicted octanol–water partition coefficient (Wildman–Crippen LogP) is 1.82. The Kier molecular flexibility index (Phi) is 5.15. The molecule has 3 nitrogen and oxygen atoms in total. The molecule has 0 radical (unpaired) electrons. The highest BCUT2D eigenvalue weighted by atomic mass is 16.5. The standard InChI is InChI=1S/C12H20N2O/c1-2-3-7-15-11-6-4-5-10(8-11)12(14)9-13/h4-6,8,12H,2-3,7,9,13-14H2,1H3/t12-/m0/s1. The highest BCUT2D eigenvalue weighted by Crippen LogP contribution is 2.17. The summed E-state index contributed by atoms with van der Waals surface area (Å²) in [5, 5.41) is 0. The molecule has 15 heavy (non-hydrogen) atoms. The van der Waals surface area contributed by atoms with E-state index in [2.05, 4.69) is 6.92 Å². The molecule has 0 heterocycles. The number of unbranched alkanes of at least 4 members (excludes halogenated alkanes) is 1. The molecular weight excluding hydrogens is 188 g/mol. The van der Waals surface area contributed by atoms with Crippen molar-refractivity contribution in [3.63, 3.8) is 0 Å². The normalized spacial score (nSPS) is 12.5. The van der Waals surface area contributed by atoms with Crippen molar-refractivity contribution in [3.05, 3.63) is 29.8 Å². The summed E-state index contributed by atoms with van der Waals surface area (Å²) in [5.74, 6) is 0.879. The number of rotatable bonds is 6. The molecule has 0 fully saturated rings. The molecule has 1 aromatic rings. The molecule has 0 bridgehead atoms. The highest BCUT2D eigenvalue weighted by Gasteiger charge is 2.04. The van der Waals surface area contributed by atoms with E-state index in [1.165, 1.54) is 0 Å². The summed E-state index contributed by atoms with van der Waals surface area (Å²) in [6, 6.07) is 7.74. The average molecular weight is 208 g/mol. The van der Waals surface area contributed by atoms with Crippen molar-refractivity contribution in [3.8, 4) is 5.75 Å². The van der Waals surface area contributed by atoms with Gasteiger partial charge in [-0.05, 0) is 24.1 Å². The molecule has 0 saturated heterocycles. The SMILES string of the molecule is CCCCOc1cccc([C@@H](N)CN)c1. The lowest BCUT2D eigenvalue weighted by Gasteiger charge is -2.11. The van der Waals surface area contributed by atoms with E-state index in [-0.39, 0.29) is 6.04 Å². The zero-order valence-corrected chi connectivity index (χ0v) is 9.28. The summed E-state index contributed by atoms with van der Waals surface area (Å²) >= 11 is 0. The van der Waals surface area contributed by atoms with Gasteiger partial charge in [-0.15, -0.1) is 0 Å². The zero-order valence-electron chi connectivity index (χ0n) is 9.28. The second-order valence-corrected chi connectivity index (χ2v) is 3.62. The van der Waals surface area contributed by atoms with Crippen molar-refractivity contribution < 1.29 is 4.74 Å². The molecule has 0 aromatic heterocycles. The third-order valence-electron chi connectivity index (χ3n) is 2.31. The fraction of sp³-hybridized carbons (Fsp3) is 0.500. The average Bonchev–Trinajstić information content (AvgIpc) is 2.29. The van der Waals surface area contributed by atoms with Gasteiger partial charge in [0, 0.05) is 12.6 Å². The Morgan fingerprint density at radius 3 is 2.87 bits per heavy atom. The molecule has 4 N–H and O–H groups in total. The van der Waals surface area contributed by atoms with Gasteiger partial charge in [0.05, 0.1) is 6.61 Å². The quantitative estimate of drug-likeness (QED) is 0.701. The van der Waals surface area contributed by atoms with E-state index in [1.807, 2.05) is 24.3 Å². The van der Waals surface area contributed by atoms with Crippen molar-refractivity contribution in [2.45, 2.75) is 25.8 Å². The van der Waals surface area contributed by atoms with Gasteiger partial charge < -0.3 is 16.2 Å². The van der Waals surface area contributed by atoms with Crippen LogP contribution in [0.3, 0.4) is 0 Å². The van der Waals surface area contributed by atoms with Gasteiger partial charge in [-0.25, -0.2) is 0 Å². The zero-order chi connectivity index (χ0) is 11.1. The van der Waals surface area contributed by atoms with Crippen LogP contribution < -0.4 is 16.2 Å². The van der Waals surface area contributed by atoms with Crippen molar-refractivity contribution in [1.29, 1.82) is 0 Å².